The highest BCUT2D eigenvalue weighted by molar-refractivity contribution is 6.05. The number of aromatic nitrogens is 6. The number of aromatic amines is 1. The van der Waals surface area contributed by atoms with Crippen molar-refractivity contribution in [3.8, 4) is 17.4 Å². The second kappa shape index (κ2) is 8.39. The van der Waals surface area contributed by atoms with Crippen LogP contribution < -0.4 is 10.1 Å². The van der Waals surface area contributed by atoms with E-state index in [0.717, 1.165) is 48.5 Å². The number of ether oxygens (including phenoxy) is 2. The molecule has 5 rings (SSSR count). The Balaban J connectivity index is 1.34. The molecule has 5 heterocycles. The Bertz CT molecular complexity index is 1270. The van der Waals surface area contributed by atoms with Gasteiger partial charge in [0.1, 0.15) is 5.82 Å². The van der Waals surface area contributed by atoms with E-state index in [9.17, 15) is 4.79 Å². The summed E-state index contributed by atoms with van der Waals surface area (Å²) in [4.78, 5) is 28.9. The molecule has 2 N–H and O–H groups in total. The number of pyridine rings is 1. The number of amides is 1. The van der Waals surface area contributed by atoms with Gasteiger partial charge in [-0.3, -0.25) is 9.48 Å². The first-order valence-corrected chi connectivity index (χ1v) is 10.4. The van der Waals surface area contributed by atoms with Gasteiger partial charge in [0.05, 0.1) is 42.4 Å². The zero-order chi connectivity index (χ0) is 22.1. The Morgan fingerprint density at radius 2 is 2.25 bits per heavy atom. The molecule has 0 bridgehead atoms. The first-order valence-electron chi connectivity index (χ1n) is 10.4. The molecule has 1 saturated heterocycles. The molecule has 1 aliphatic heterocycles. The third kappa shape index (κ3) is 3.92. The molecule has 1 atom stereocenters. The van der Waals surface area contributed by atoms with Gasteiger partial charge in [-0.2, -0.15) is 10.1 Å². The van der Waals surface area contributed by atoms with Crippen molar-refractivity contribution >= 4 is 22.6 Å². The van der Waals surface area contributed by atoms with Crippen LogP contribution >= 0.6 is 0 Å². The Kier molecular flexibility index (Phi) is 5.28. The van der Waals surface area contributed by atoms with E-state index in [1.54, 1.807) is 30.7 Å². The molecule has 4 aromatic rings. The number of hydrogen-bond acceptors (Lipinski definition) is 7. The van der Waals surface area contributed by atoms with Crippen molar-refractivity contribution < 1.29 is 14.3 Å². The maximum atomic E-state index is 12.8. The monoisotopic (exact) mass is 433 g/mol. The van der Waals surface area contributed by atoms with Gasteiger partial charge in [-0.05, 0) is 25.5 Å². The lowest BCUT2D eigenvalue weighted by Crippen LogP contribution is -2.16. The van der Waals surface area contributed by atoms with E-state index in [-0.39, 0.29) is 5.91 Å². The predicted octanol–water partition coefficient (Wildman–Crippen LogP) is 2.82. The number of anilines is 1. The fourth-order valence-corrected chi connectivity index (χ4v) is 3.83. The van der Waals surface area contributed by atoms with Crippen LogP contribution in [0.15, 0.2) is 36.8 Å². The van der Waals surface area contributed by atoms with Crippen LogP contribution in [0.1, 0.15) is 22.5 Å². The van der Waals surface area contributed by atoms with Crippen molar-refractivity contribution in [3.05, 3.63) is 48.0 Å². The average Bonchev–Trinajstić information content (AvgIpc) is 3.55. The third-order valence-electron chi connectivity index (χ3n) is 5.64. The predicted molar refractivity (Wildman–Crippen MR) is 118 cm³/mol. The molecule has 10 nitrogen and oxygen atoms in total. The quantitative estimate of drug-likeness (QED) is 0.480. The Morgan fingerprint density at radius 1 is 1.34 bits per heavy atom. The molecule has 164 valence electrons. The van der Waals surface area contributed by atoms with Crippen LogP contribution in [0.4, 0.5) is 5.82 Å². The van der Waals surface area contributed by atoms with E-state index in [0.29, 0.717) is 29.0 Å². The standard InChI is InChI=1S/C22H23N7O3/c1-13-16(10-25-29(13)11-14-4-6-32-12-14)21(30)28-20-8-18-15(9-24-20)7-19(26-18)17-3-5-23-22(27-17)31-2/h3,5,7-10,14,26H,4,6,11-12H2,1-2H3,(H,24,28,30)/t14-/m0/s1. The van der Waals surface area contributed by atoms with Crippen LogP contribution in [0.3, 0.4) is 0 Å². The number of carbonyl (C=O) groups excluding carboxylic acids is 1. The zero-order valence-electron chi connectivity index (χ0n) is 17.8. The van der Waals surface area contributed by atoms with E-state index in [1.807, 2.05) is 17.7 Å². The summed E-state index contributed by atoms with van der Waals surface area (Å²) in [5.74, 6) is 0.647. The summed E-state index contributed by atoms with van der Waals surface area (Å²) < 4.78 is 12.4. The van der Waals surface area contributed by atoms with Gasteiger partial charge in [-0.1, -0.05) is 0 Å². The number of nitrogens with zero attached hydrogens (tertiary/aromatic N) is 5. The molecule has 4 aromatic heterocycles. The van der Waals surface area contributed by atoms with E-state index in [2.05, 4.69) is 30.4 Å². The number of fused-ring (bicyclic) bond motifs is 1. The van der Waals surface area contributed by atoms with Gasteiger partial charge in [-0.15, -0.1) is 0 Å². The Morgan fingerprint density at radius 3 is 3.06 bits per heavy atom. The van der Waals surface area contributed by atoms with Gasteiger partial charge in [0.2, 0.25) is 0 Å². The maximum absolute atomic E-state index is 12.8. The number of carbonyl (C=O) groups is 1. The summed E-state index contributed by atoms with van der Waals surface area (Å²) in [6.07, 6.45) is 5.97. The molecule has 0 spiro atoms. The van der Waals surface area contributed by atoms with Crippen LogP contribution in [0.5, 0.6) is 6.01 Å². The smallest absolute Gasteiger partial charge is 0.316 e. The van der Waals surface area contributed by atoms with Crippen LogP contribution in [-0.4, -0.2) is 55.9 Å². The number of H-pyrrole nitrogens is 1. The van der Waals surface area contributed by atoms with Crippen molar-refractivity contribution in [1.82, 2.24) is 29.7 Å². The van der Waals surface area contributed by atoms with Gasteiger partial charge < -0.3 is 19.8 Å². The van der Waals surface area contributed by atoms with Crippen molar-refractivity contribution in [2.75, 3.05) is 25.6 Å². The molecule has 0 aliphatic carbocycles. The third-order valence-corrected chi connectivity index (χ3v) is 5.64. The highest BCUT2D eigenvalue weighted by Gasteiger charge is 2.20. The zero-order valence-corrected chi connectivity index (χ0v) is 17.8. The van der Waals surface area contributed by atoms with Gasteiger partial charge in [-0.25, -0.2) is 9.97 Å². The number of methoxy groups -OCH3 is 1. The maximum Gasteiger partial charge on any atom is 0.316 e. The molecule has 0 unspecified atom stereocenters. The highest BCUT2D eigenvalue weighted by Crippen LogP contribution is 2.25. The van der Waals surface area contributed by atoms with Crippen molar-refractivity contribution in [2.24, 2.45) is 5.92 Å². The molecule has 1 aliphatic rings. The lowest BCUT2D eigenvalue weighted by molar-refractivity contribution is 0.102. The second-order valence-corrected chi connectivity index (χ2v) is 7.78. The van der Waals surface area contributed by atoms with E-state index in [4.69, 9.17) is 9.47 Å². The molecular formula is C22H23N7O3. The summed E-state index contributed by atoms with van der Waals surface area (Å²) in [6, 6.07) is 5.83. The molecule has 0 saturated carbocycles. The summed E-state index contributed by atoms with van der Waals surface area (Å²) in [5, 5.41) is 8.17. The van der Waals surface area contributed by atoms with Gasteiger partial charge >= 0.3 is 6.01 Å². The first-order chi connectivity index (χ1) is 15.6. The second-order valence-electron chi connectivity index (χ2n) is 7.78. The van der Waals surface area contributed by atoms with E-state index < -0.39 is 0 Å². The summed E-state index contributed by atoms with van der Waals surface area (Å²) in [7, 11) is 1.53. The van der Waals surface area contributed by atoms with Crippen LogP contribution in [-0.2, 0) is 11.3 Å². The van der Waals surface area contributed by atoms with Gasteiger partial charge in [0, 0.05) is 48.6 Å². The number of nitrogens with one attached hydrogen (secondary N) is 2. The summed E-state index contributed by atoms with van der Waals surface area (Å²) in [5.41, 5.74) is 3.70. The SMILES string of the molecule is COc1nccc(-c2cc3cnc(NC(=O)c4cnn(C[C@@H]5CCOC5)c4C)cc3[nH]2)n1. The fourth-order valence-electron chi connectivity index (χ4n) is 3.83. The van der Waals surface area contributed by atoms with Crippen LogP contribution in [0.2, 0.25) is 0 Å². The topological polar surface area (TPSA) is 120 Å². The molecule has 0 aromatic carbocycles. The minimum Gasteiger partial charge on any atom is -0.467 e. The molecule has 1 fully saturated rings. The minimum atomic E-state index is -0.240. The van der Waals surface area contributed by atoms with Crippen molar-refractivity contribution in [3.63, 3.8) is 0 Å². The van der Waals surface area contributed by atoms with Crippen molar-refractivity contribution in [1.29, 1.82) is 0 Å². The van der Waals surface area contributed by atoms with Crippen LogP contribution in [0.25, 0.3) is 22.3 Å². The average molecular weight is 433 g/mol. The Hall–Kier alpha value is -3.79. The van der Waals surface area contributed by atoms with Gasteiger partial charge in [0.25, 0.3) is 5.91 Å². The molecule has 1 amide bonds. The van der Waals surface area contributed by atoms with Crippen molar-refractivity contribution in [2.45, 2.75) is 19.9 Å². The first kappa shape index (κ1) is 20.1. The number of rotatable bonds is 6. The van der Waals surface area contributed by atoms with E-state index >= 15 is 0 Å². The molecule has 10 heteroatoms. The summed E-state index contributed by atoms with van der Waals surface area (Å²) >= 11 is 0. The fraction of sp³-hybridized carbons (Fsp3) is 0.318. The summed E-state index contributed by atoms with van der Waals surface area (Å²) in [6.45, 7) is 4.19. The molecule has 0 radical (unpaired) electrons. The Labute approximate surface area is 184 Å². The molecular weight excluding hydrogens is 410 g/mol. The number of hydrogen-bond donors (Lipinski definition) is 2. The molecule has 32 heavy (non-hydrogen) atoms. The lowest BCUT2D eigenvalue weighted by Gasteiger charge is -2.10. The largest absolute Gasteiger partial charge is 0.467 e. The highest BCUT2D eigenvalue weighted by atomic mass is 16.5. The van der Waals surface area contributed by atoms with Gasteiger partial charge in [0.15, 0.2) is 0 Å². The minimum absolute atomic E-state index is 0.240. The van der Waals surface area contributed by atoms with E-state index in [1.165, 1.54) is 7.11 Å². The van der Waals surface area contributed by atoms with Crippen LogP contribution in [0, 0.1) is 12.8 Å². The lowest BCUT2D eigenvalue weighted by atomic mass is 10.1. The normalized spacial score (nSPS) is 15.9.